The second-order valence-corrected chi connectivity index (χ2v) is 7.55. The van der Waals surface area contributed by atoms with Crippen molar-refractivity contribution in [1.29, 1.82) is 0 Å². The Kier molecular flexibility index (Phi) is 7.82. The van der Waals surface area contributed by atoms with Crippen molar-refractivity contribution in [2.45, 2.75) is 32.7 Å². The predicted molar refractivity (Wildman–Crippen MR) is 114 cm³/mol. The van der Waals surface area contributed by atoms with Crippen LogP contribution in [-0.4, -0.2) is 42.8 Å². The lowest BCUT2D eigenvalue weighted by molar-refractivity contribution is -0.122. The summed E-state index contributed by atoms with van der Waals surface area (Å²) < 4.78 is 5.64. The molecule has 1 saturated heterocycles. The summed E-state index contributed by atoms with van der Waals surface area (Å²) in [6.07, 6.45) is 2.57. The van der Waals surface area contributed by atoms with Crippen molar-refractivity contribution < 1.29 is 14.3 Å². The number of Topliss-reactive ketones (excluding diaryl/α,β-unsaturated/α-hetero) is 1. The van der Waals surface area contributed by atoms with Gasteiger partial charge in [-0.15, -0.1) is 0 Å². The van der Waals surface area contributed by atoms with E-state index in [1.165, 1.54) is 0 Å². The first-order chi connectivity index (χ1) is 14.2. The third-order valence-electron chi connectivity index (χ3n) is 5.24. The van der Waals surface area contributed by atoms with Crippen molar-refractivity contribution in [3.05, 3.63) is 65.7 Å². The Morgan fingerprint density at radius 3 is 2.55 bits per heavy atom. The van der Waals surface area contributed by atoms with E-state index in [-0.39, 0.29) is 17.6 Å². The third kappa shape index (κ3) is 6.43. The Balaban J connectivity index is 1.40. The van der Waals surface area contributed by atoms with Gasteiger partial charge in [-0.1, -0.05) is 49.4 Å². The van der Waals surface area contributed by atoms with E-state index in [1.807, 2.05) is 54.6 Å². The first-order valence-electron chi connectivity index (χ1n) is 10.5. The molecular formula is C24H30N2O3. The molecule has 1 aliphatic heterocycles. The standard InChI is InChI=1S/C24H30N2O3/c1-2-15-29-22-10-6-7-19(16-22)17-25-23(27)18-26-13-11-21(12-14-26)24(28)20-8-4-3-5-9-20/h3-10,16,21H,2,11-15,17-18H2,1H3,(H,25,27). The lowest BCUT2D eigenvalue weighted by Gasteiger charge is -2.30. The van der Waals surface area contributed by atoms with Crippen molar-refractivity contribution in [3.8, 4) is 5.75 Å². The fraction of sp³-hybridized carbons (Fsp3) is 0.417. The van der Waals surface area contributed by atoms with Gasteiger partial charge in [0.15, 0.2) is 5.78 Å². The molecule has 0 unspecified atom stereocenters. The lowest BCUT2D eigenvalue weighted by Crippen LogP contribution is -2.42. The van der Waals surface area contributed by atoms with Crippen LogP contribution >= 0.6 is 0 Å². The van der Waals surface area contributed by atoms with Crippen LogP contribution in [0.1, 0.15) is 42.1 Å². The number of nitrogens with zero attached hydrogens (tertiary/aromatic N) is 1. The molecule has 1 amide bonds. The van der Waals surface area contributed by atoms with Crippen LogP contribution in [0.4, 0.5) is 0 Å². The molecule has 0 aromatic heterocycles. The van der Waals surface area contributed by atoms with Crippen molar-refractivity contribution in [2.75, 3.05) is 26.2 Å². The maximum absolute atomic E-state index is 12.6. The first kappa shape index (κ1) is 21.1. The zero-order valence-corrected chi connectivity index (χ0v) is 17.1. The van der Waals surface area contributed by atoms with Gasteiger partial charge in [-0.05, 0) is 50.0 Å². The highest BCUT2D eigenvalue weighted by Gasteiger charge is 2.26. The van der Waals surface area contributed by atoms with Gasteiger partial charge >= 0.3 is 0 Å². The van der Waals surface area contributed by atoms with Crippen LogP contribution in [0.3, 0.4) is 0 Å². The number of hydrogen-bond acceptors (Lipinski definition) is 4. The summed E-state index contributed by atoms with van der Waals surface area (Å²) in [5, 5.41) is 2.99. The number of carbonyl (C=O) groups excluding carboxylic acids is 2. The molecule has 0 radical (unpaired) electrons. The number of likely N-dealkylation sites (tertiary alicyclic amines) is 1. The van der Waals surface area contributed by atoms with Crippen LogP contribution in [0.15, 0.2) is 54.6 Å². The number of amides is 1. The van der Waals surface area contributed by atoms with Gasteiger partial charge in [0.25, 0.3) is 0 Å². The predicted octanol–water partition coefficient (Wildman–Crippen LogP) is 3.69. The summed E-state index contributed by atoms with van der Waals surface area (Å²) in [4.78, 5) is 27.0. The van der Waals surface area contributed by atoms with Gasteiger partial charge in [-0.25, -0.2) is 0 Å². The van der Waals surface area contributed by atoms with Gasteiger partial charge < -0.3 is 10.1 Å². The normalized spacial score (nSPS) is 15.1. The number of ketones is 1. The van der Waals surface area contributed by atoms with Crippen LogP contribution in [0, 0.1) is 5.92 Å². The summed E-state index contributed by atoms with van der Waals surface area (Å²) in [5.74, 6) is 1.13. The molecule has 5 heteroatoms. The molecule has 1 fully saturated rings. The van der Waals surface area contributed by atoms with Crippen molar-refractivity contribution in [3.63, 3.8) is 0 Å². The Labute approximate surface area is 173 Å². The van der Waals surface area contributed by atoms with Crippen LogP contribution in [0.2, 0.25) is 0 Å². The Morgan fingerprint density at radius 1 is 1.07 bits per heavy atom. The highest BCUT2D eigenvalue weighted by Crippen LogP contribution is 2.21. The lowest BCUT2D eigenvalue weighted by atomic mass is 9.89. The van der Waals surface area contributed by atoms with Gasteiger partial charge in [0.05, 0.1) is 13.2 Å². The summed E-state index contributed by atoms with van der Waals surface area (Å²) in [7, 11) is 0. The fourth-order valence-corrected chi connectivity index (χ4v) is 3.62. The SMILES string of the molecule is CCCOc1cccc(CNC(=O)CN2CCC(C(=O)c3ccccc3)CC2)c1. The molecule has 154 valence electrons. The molecule has 2 aromatic carbocycles. The van der Waals surface area contributed by atoms with E-state index in [9.17, 15) is 9.59 Å². The largest absolute Gasteiger partial charge is 0.494 e. The van der Waals surface area contributed by atoms with E-state index in [0.717, 1.165) is 49.2 Å². The minimum absolute atomic E-state index is 0.0118. The molecule has 0 aliphatic carbocycles. The highest BCUT2D eigenvalue weighted by atomic mass is 16.5. The average molecular weight is 395 g/mol. The Bertz CT molecular complexity index is 799. The quantitative estimate of drug-likeness (QED) is 0.659. The van der Waals surface area contributed by atoms with Crippen molar-refractivity contribution in [1.82, 2.24) is 10.2 Å². The van der Waals surface area contributed by atoms with Crippen molar-refractivity contribution >= 4 is 11.7 Å². The van der Waals surface area contributed by atoms with Gasteiger partial charge in [-0.2, -0.15) is 0 Å². The molecule has 5 nitrogen and oxygen atoms in total. The molecular weight excluding hydrogens is 364 g/mol. The molecule has 2 aromatic rings. The van der Waals surface area contributed by atoms with Crippen LogP contribution in [0.25, 0.3) is 0 Å². The summed E-state index contributed by atoms with van der Waals surface area (Å²) >= 11 is 0. The van der Waals surface area contributed by atoms with Crippen LogP contribution < -0.4 is 10.1 Å². The number of carbonyl (C=O) groups is 2. The molecule has 29 heavy (non-hydrogen) atoms. The van der Waals surface area contributed by atoms with E-state index in [0.29, 0.717) is 19.7 Å². The number of nitrogens with one attached hydrogen (secondary N) is 1. The van der Waals surface area contributed by atoms with E-state index in [1.54, 1.807) is 0 Å². The molecule has 1 heterocycles. The smallest absolute Gasteiger partial charge is 0.234 e. The minimum atomic E-state index is 0.0118. The minimum Gasteiger partial charge on any atom is -0.494 e. The number of piperidine rings is 1. The summed E-state index contributed by atoms with van der Waals surface area (Å²) in [6, 6.07) is 17.3. The molecule has 0 atom stereocenters. The molecule has 0 saturated carbocycles. The molecule has 0 spiro atoms. The Morgan fingerprint density at radius 2 is 1.83 bits per heavy atom. The van der Waals surface area contributed by atoms with E-state index < -0.39 is 0 Å². The fourth-order valence-electron chi connectivity index (χ4n) is 3.62. The molecule has 1 N–H and O–H groups in total. The maximum Gasteiger partial charge on any atom is 0.234 e. The highest BCUT2D eigenvalue weighted by molar-refractivity contribution is 5.97. The second kappa shape index (κ2) is 10.8. The second-order valence-electron chi connectivity index (χ2n) is 7.55. The summed E-state index contributed by atoms with van der Waals surface area (Å²) in [6.45, 7) is 5.18. The van der Waals surface area contributed by atoms with Crippen molar-refractivity contribution in [2.24, 2.45) is 5.92 Å². The van der Waals surface area contributed by atoms with Gasteiger partial charge in [0, 0.05) is 18.0 Å². The Hall–Kier alpha value is -2.66. The number of hydrogen-bond donors (Lipinski definition) is 1. The number of ether oxygens (including phenoxy) is 1. The monoisotopic (exact) mass is 394 g/mol. The topological polar surface area (TPSA) is 58.6 Å². The van der Waals surface area contributed by atoms with E-state index in [4.69, 9.17) is 4.74 Å². The molecule has 1 aliphatic rings. The number of benzene rings is 2. The summed E-state index contributed by atoms with van der Waals surface area (Å²) in [5.41, 5.74) is 1.81. The molecule has 3 rings (SSSR count). The van der Waals surface area contributed by atoms with Gasteiger partial charge in [0.1, 0.15) is 5.75 Å². The maximum atomic E-state index is 12.6. The average Bonchev–Trinajstić information content (AvgIpc) is 2.77. The van der Waals surface area contributed by atoms with Crippen LogP contribution in [-0.2, 0) is 11.3 Å². The van der Waals surface area contributed by atoms with E-state index in [2.05, 4.69) is 17.1 Å². The van der Waals surface area contributed by atoms with Gasteiger partial charge in [-0.3, -0.25) is 14.5 Å². The zero-order valence-electron chi connectivity index (χ0n) is 17.1. The zero-order chi connectivity index (χ0) is 20.5. The number of rotatable bonds is 9. The molecule has 0 bridgehead atoms. The third-order valence-corrected chi connectivity index (χ3v) is 5.24. The van der Waals surface area contributed by atoms with E-state index >= 15 is 0 Å². The van der Waals surface area contributed by atoms with Gasteiger partial charge in [0.2, 0.25) is 5.91 Å². The van der Waals surface area contributed by atoms with Crippen LogP contribution in [0.5, 0.6) is 5.75 Å². The first-order valence-corrected chi connectivity index (χ1v) is 10.5.